The molecule has 2 aromatic carbocycles. The van der Waals surface area contributed by atoms with Crippen molar-refractivity contribution < 1.29 is 23.9 Å². The molecule has 0 saturated carbocycles. The molecule has 7 heteroatoms. The second-order valence-electron chi connectivity index (χ2n) is 6.31. The van der Waals surface area contributed by atoms with Gasteiger partial charge < -0.3 is 19.5 Å². The van der Waals surface area contributed by atoms with Crippen molar-refractivity contribution >= 4 is 17.1 Å². The van der Waals surface area contributed by atoms with E-state index < -0.39 is 11.2 Å². The summed E-state index contributed by atoms with van der Waals surface area (Å²) in [6.45, 7) is 1.04. The number of nitrogens with zero attached hydrogens (tertiary/aromatic N) is 1. The van der Waals surface area contributed by atoms with Crippen LogP contribution >= 0.6 is 0 Å². The number of rotatable bonds is 7. The predicted molar refractivity (Wildman–Crippen MR) is 104 cm³/mol. The summed E-state index contributed by atoms with van der Waals surface area (Å²) in [6, 6.07) is 14.4. The molecule has 0 radical (unpaired) electrons. The summed E-state index contributed by atoms with van der Waals surface area (Å²) in [6.07, 6.45) is 0.745. The van der Waals surface area contributed by atoms with Crippen LogP contribution in [0.25, 0.3) is 0 Å². The lowest BCUT2D eigenvalue weighted by Gasteiger charge is -2.16. The summed E-state index contributed by atoms with van der Waals surface area (Å²) < 4.78 is 21.6. The van der Waals surface area contributed by atoms with Crippen LogP contribution in [-0.4, -0.2) is 52.5 Å². The van der Waals surface area contributed by atoms with Gasteiger partial charge in [0, 0.05) is 19.0 Å². The second-order valence-corrected chi connectivity index (χ2v) is 8.04. The van der Waals surface area contributed by atoms with E-state index >= 15 is 0 Å². The Kier molecular flexibility index (Phi) is 6.60. The number of hydrogen-bond donors (Lipinski definition) is 2. The highest BCUT2D eigenvalue weighted by molar-refractivity contribution is 7.92. The van der Waals surface area contributed by atoms with Crippen LogP contribution in [0.4, 0.5) is 0 Å². The van der Waals surface area contributed by atoms with Crippen molar-refractivity contribution in [2.75, 3.05) is 26.8 Å². The van der Waals surface area contributed by atoms with Crippen molar-refractivity contribution in [3.63, 3.8) is 0 Å². The third-order valence-electron chi connectivity index (χ3n) is 4.58. The molecule has 27 heavy (non-hydrogen) atoms. The minimum Gasteiger partial charge on any atom is -0.491 e. The molecule has 2 aromatic rings. The number of methoxy groups -OCH3 is 1. The monoisotopic (exact) mass is 390 g/mol. The van der Waals surface area contributed by atoms with Crippen molar-refractivity contribution in [2.24, 2.45) is 0 Å². The second kappa shape index (κ2) is 9.12. The predicted octanol–water partition coefficient (Wildman–Crippen LogP) is 2.32. The van der Waals surface area contributed by atoms with E-state index in [1.807, 2.05) is 24.3 Å². The minimum absolute atomic E-state index is 0.00547. The van der Waals surface area contributed by atoms with Gasteiger partial charge in [0.1, 0.15) is 5.75 Å². The molecule has 0 bridgehead atoms. The molecule has 1 heterocycles. The molecule has 2 unspecified atom stereocenters. The zero-order valence-electron chi connectivity index (χ0n) is 15.2. The standard InChI is InChI=1S/C20H24NO5S/c1-25-18-4-2-3-5-19(18)27(24)17-10-11-21(12-17)20(23)14-26-16-8-6-15(13-22)7-9-16/h2-9,17,22,24H,10-14H2,1H3/q+1. The Hall–Kier alpha value is -2.22. The van der Waals surface area contributed by atoms with E-state index in [2.05, 4.69) is 0 Å². The fourth-order valence-electron chi connectivity index (χ4n) is 3.04. The summed E-state index contributed by atoms with van der Waals surface area (Å²) in [7, 11) is 1.59. The molecule has 0 spiro atoms. The van der Waals surface area contributed by atoms with Crippen LogP contribution in [0.1, 0.15) is 12.0 Å². The van der Waals surface area contributed by atoms with Gasteiger partial charge in [-0.25, -0.2) is 0 Å². The first-order chi connectivity index (χ1) is 13.1. The number of amides is 1. The first kappa shape index (κ1) is 19.5. The van der Waals surface area contributed by atoms with Crippen LogP contribution < -0.4 is 9.47 Å². The van der Waals surface area contributed by atoms with Gasteiger partial charge >= 0.3 is 0 Å². The number of carbonyl (C=O) groups is 1. The normalized spacial score (nSPS) is 17.6. The molecule has 1 aliphatic rings. The zero-order chi connectivity index (χ0) is 19.2. The number of ether oxygens (including phenoxy) is 2. The highest BCUT2D eigenvalue weighted by Crippen LogP contribution is 2.30. The summed E-state index contributed by atoms with van der Waals surface area (Å²) in [4.78, 5) is 14.9. The van der Waals surface area contributed by atoms with Gasteiger partial charge in [-0.05, 0) is 23.8 Å². The summed E-state index contributed by atoms with van der Waals surface area (Å²) in [5.74, 6) is 1.16. The van der Waals surface area contributed by atoms with Gasteiger partial charge in [-0.15, -0.1) is 0 Å². The topological polar surface area (TPSA) is 79.2 Å². The number of hydrogen-bond acceptors (Lipinski definition) is 5. The maximum atomic E-state index is 12.4. The first-order valence-corrected chi connectivity index (χ1v) is 10.0. The van der Waals surface area contributed by atoms with Gasteiger partial charge in [-0.3, -0.25) is 4.79 Å². The summed E-state index contributed by atoms with van der Waals surface area (Å²) >= 11 is -0.984. The Morgan fingerprint density at radius 1 is 1.22 bits per heavy atom. The molecule has 1 amide bonds. The third-order valence-corrected chi connectivity index (χ3v) is 6.38. The van der Waals surface area contributed by atoms with Crippen LogP contribution in [0.2, 0.25) is 0 Å². The average molecular weight is 390 g/mol. The average Bonchev–Trinajstić information content (AvgIpc) is 3.22. The fourth-order valence-corrected chi connectivity index (χ4v) is 4.62. The zero-order valence-corrected chi connectivity index (χ0v) is 16.0. The maximum absolute atomic E-state index is 12.4. The van der Waals surface area contributed by atoms with Crippen LogP contribution in [0.5, 0.6) is 11.5 Å². The number of benzene rings is 2. The molecular weight excluding hydrogens is 366 g/mol. The van der Waals surface area contributed by atoms with E-state index in [9.17, 15) is 9.35 Å². The van der Waals surface area contributed by atoms with Crippen LogP contribution in [0.15, 0.2) is 53.4 Å². The third kappa shape index (κ3) is 4.74. The number of aliphatic hydroxyl groups excluding tert-OH is 1. The molecule has 1 fully saturated rings. The lowest BCUT2D eigenvalue weighted by Crippen LogP contribution is -2.35. The quantitative estimate of drug-likeness (QED) is 0.710. The van der Waals surface area contributed by atoms with Crippen LogP contribution in [0.3, 0.4) is 0 Å². The molecule has 2 atom stereocenters. The number of aliphatic hydroxyl groups is 1. The molecular formula is C20H24NO5S+. The van der Waals surface area contributed by atoms with Gasteiger partial charge in [0.05, 0.1) is 20.3 Å². The van der Waals surface area contributed by atoms with E-state index in [1.54, 1.807) is 36.3 Å². The Morgan fingerprint density at radius 2 is 1.96 bits per heavy atom. The van der Waals surface area contributed by atoms with Crippen LogP contribution in [0, 0.1) is 0 Å². The Balaban J connectivity index is 1.54. The summed E-state index contributed by atoms with van der Waals surface area (Å²) in [5.41, 5.74) is 0.794. The van der Waals surface area contributed by atoms with Crippen molar-refractivity contribution in [2.45, 2.75) is 23.2 Å². The fraction of sp³-hybridized carbons (Fsp3) is 0.350. The number of para-hydroxylation sites is 1. The molecule has 1 saturated heterocycles. The van der Waals surface area contributed by atoms with E-state index in [0.29, 0.717) is 24.6 Å². The molecule has 1 aliphatic heterocycles. The van der Waals surface area contributed by atoms with E-state index in [-0.39, 0.29) is 24.4 Å². The smallest absolute Gasteiger partial charge is 0.260 e. The largest absolute Gasteiger partial charge is 0.491 e. The Labute approximate surface area is 161 Å². The van der Waals surface area contributed by atoms with E-state index in [1.165, 1.54) is 0 Å². The highest BCUT2D eigenvalue weighted by Gasteiger charge is 2.41. The lowest BCUT2D eigenvalue weighted by molar-refractivity contribution is -0.132. The molecule has 0 aromatic heterocycles. The van der Waals surface area contributed by atoms with Crippen molar-refractivity contribution in [3.8, 4) is 11.5 Å². The van der Waals surface area contributed by atoms with Gasteiger partial charge in [0.25, 0.3) is 5.91 Å². The molecule has 144 valence electrons. The molecule has 2 N–H and O–H groups in total. The number of likely N-dealkylation sites (tertiary alicyclic amines) is 1. The first-order valence-electron chi connectivity index (χ1n) is 8.78. The Morgan fingerprint density at radius 3 is 2.67 bits per heavy atom. The van der Waals surface area contributed by atoms with Gasteiger partial charge in [-0.1, -0.05) is 24.3 Å². The van der Waals surface area contributed by atoms with Gasteiger partial charge in [0.15, 0.2) is 28.8 Å². The summed E-state index contributed by atoms with van der Waals surface area (Å²) in [5, 5.41) is 9.04. The number of carbonyl (C=O) groups excluding carboxylic acids is 1. The van der Waals surface area contributed by atoms with Gasteiger partial charge in [-0.2, -0.15) is 4.55 Å². The van der Waals surface area contributed by atoms with E-state index in [4.69, 9.17) is 14.6 Å². The molecule has 6 nitrogen and oxygen atoms in total. The Bertz CT molecular complexity index is 767. The van der Waals surface area contributed by atoms with E-state index in [0.717, 1.165) is 16.9 Å². The van der Waals surface area contributed by atoms with Crippen molar-refractivity contribution in [1.82, 2.24) is 4.90 Å². The van der Waals surface area contributed by atoms with Crippen molar-refractivity contribution in [1.29, 1.82) is 0 Å². The lowest BCUT2D eigenvalue weighted by atomic mass is 10.2. The van der Waals surface area contributed by atoms with Crippen LogP contribution in [-0.2, 0) is 22.6 Å². The molecule has 3 rings (SSSR count). The SMILES string of the molecule is COc1ccccc1[S+](O)C1CCN(C(=O)COc2ccc(CO)cc2)C1. The van der Waals surface area contributed by atoms with Gasteiger partial charge in [0.2, 0.25) is 4.90 Å². The molecule has 0 aliphatic carbocycles. The maximum Gasteiger partial charge on any atom is 0.260 e. The minimum atomic E-state index is -0.984. The van der Waals surface area contributed by atoms with Crippen molar-refractivity contribution in [3.05, 3.63) is 54.1 Å². The highest BCUT2D eigenvalue weighted by atomic mass is 32.2.